The van der Waals surface area contributed by atoms with Gasteiger partial charge in [-0.15, -0.1) is 0 Å². The minimum atomic E-state index is -0.742. The molecule has 6 fully saturated rings. The van der Waals surface area contributed by atoms with Crippen molar-refractivity contribution in [1.29, 1.82) is 0 Å². The average molecular weight is 1040 g/mol. The van der Waals surface area contributed by atoms with Gasteiger partial charge in [-0.1, -0.05) is 23.2 Å². The van der Waals surface area contributed by atoms with E-state index in [1.165, 1.54) is 12.7 Å². The molecule has 6 aliphatic rings. The fourth-order valence-electron chi connectivity index (χ4n) is 11.3. The van der Waals surface area contributed by atoms with Gasteiger partial charge < -0.3 is 48.5 Å². The second-order valence-corrected chi connectivity index (χ2v) is 21.7. The Kier molecular flexibility index (Phi) is 11.1. The van der Waals surface area contributed by atoms with Gasteiger partial charge in [-0.2, -0.15) is 0 Å². The largest absolute Gasteiger partial charge is 0.490 e. The minimum Gasteiger partial charge on any atom is -0.490 e. The standard InChI is InChI=1S/C27H28ClN7O4.C24H23ClN6O4/c1-26(2)37-21-22(38-26)27(9-18(10-27)36-17-6-5-15-7-16(28)11-29-19(15)8-17)39-25(21)35-14-32-20-23(33-13-34(3)4)30-12-31-24(20)35;1-23(2)33-18-19(34-23)24(35-22(18)31-11-30-17-20(26)28-10-29-21(17)31)7-15(8-24)32-14-4-3-12-5-13(25)9-27-16(12)6-14/h5-8,11-14,18,21-22,25H,9-10H2,1-4H3;3-6,9-11,15,18-19,22H,7-8H2,1-2H3,(H2,26,28,29)/t18?,21-,22+,25-,27?;15?,18-,19+,22-,24?/m11/s1. The van der Waals surface area contributed by atoms with Gasteiger partial charge in [0, 0.05) is 75.1 Å². The molecule has 8 aromatic rings. The summed E-state index contributed by atoms with van der Waals surface area (Å²) in [6, 6.07) is 15.4. The number of nitrogen functional groups attached to an aromatic ring is 1. The van der Waals surface area contributed by atoms with Crippen LogP contribution in [0.2, 0.25) is 10.0 Å². The SMILES string of the molecule is CC1(C)O[C@H]2[C@H](n3cnc4c(N)ncnc43)OC3(CC(Oc4ccc5cc(Cl)cnc5c4)C3)[C@H]2O1.CN(C)C=Nc1ncnc2c1ncn2[C@@H]1OC2(CC(Oc3ccc4cc(Cl)cnc4c3)C2)[C@H]2OC(C)(C)O[C@@H]12. The van der Waals surface area contributed by atoms with E-state index in [4.69, 9.17) is 66.8 Å². The van der Waals surface area contributed by atoms with Crippen LogP contribution in [0.3, 0.4) is 0 Å². The fraction of sp³-hybridized carbons (Fsp3) is 0.431. The van der Waals surface area contributed by atoms with Crippen molar-refractivity contribution >= 4 is 85.3 Å². The second-order valence-electron chi connectivity index (χ2n) is 20.8. The summed E-state index contributed by atoms with van der Waals surface area (Å²) in [4.78, 5) is 41.3. The van der Waals surface area contributed by atoms with E-state index in [9.17, 15) is 0 Å². The zero-order valence-electron chi connectivity index (χ0n) is 41.1. The molecule has 382 valence electrons. The Hall–Kier alpha value is -6.43. The lowest BCUT2D eigenvalue weighted by Crippen LogP contribution is -2.57. The molecule has 2 saturated carbocycles. The summed E-state index contributed by atoms with van der Waals surface area (Å²) in [6.45, 7) is 7.70. The number of nitrogens with two attached hydrogens (primary N) is 1. The molecular weight excluding hydrogens is 994 g/mol. The third-order valence-corrected chi connectivity index (χ3v) is 14.8. The quantitative estimate of drug-likeness (QED) is 0.113. The Balaban J connectivity index is 0.000000144. The molecule has 4 saturated heterocycles. The molecule has 4 aliphatic heterocycles. The highest BCUT2D eigenvalue weighted by molar-refractivity contribution is 6.31. The number of fused-ring (bicyclic) bond motifs is 8. The number of rotatable bonds is 8. The molecule has 2 spiro atoms. The highest BCUT2D eigenvalue weighted by atomic mass is 35.5. The summed E-state index contributed by atoms with van der Waals surface area (Å²) in [6.07, 6.45) is 11.7. The Bertz CT molecular complexity index is 3530. The van der Waals surface area contributed by atoms with Crippen LogP contribution in [0.15, 0.2) is 91.2 Å². The highest BCUT2D eigenvalue weighted by Crippen LogP contribution is 2.58. The van der Waals surface area contributed by atoms with Crippen LogP contribution in [0.25, 0.3) is 44.1 Å². The topological polar surface area (TPSA) is 228 Å². The first-order valence-electron chi connectivity index (χ1n) is 24.3. The van der Waals surface area contributed by atoms with Gasteiger partial charge in [-0.3, -0.25) is 19.1 Å². The number of pyridine rings is 2. The molecule has 23 heteroatoms. The van der Waals surface area contributed by atoms with Gasteiger partial charge >= 0.3 is 0 Å². The Morgan fingerprint density at radius 2 is 1.11 bits per heavy atom. The molecule has 14 rings (SSSR count). The molecule has 2 aromatic carbocycles. The molecule has 0 radical (unpaired) electrons. The van der Waals surface area contributed by atoms with Crippen molar-refractivity contribution in [2.75, 3.05) is 19.8 Å². The normalized spacial score (nSPS) is 30.2. The summed E-state index contributed by atoms with van der Waals surface area (Å²) in [5, 5.41) is 3.15. The third-order valence-electron chi connectivity index (χ3n) is 14.4. The lowest BCUT2D eigenvalue weighted by atomic mass is 9.73. The van der Waals surface area contributed by atoms with Crippen LogP contribution in [-0.2, 0) is 28.4 Å². The van der Waals surface area contributed by atoms with Crippen LogP contribution < -0.4 is 15.2 Å². The van der Waals surface area contributed by atoms with Crippen molar-refractivity contribution in [3.63, 3.8) is 0 Å². The zero-order chi connectivity index (χ0) is 50.9. The lowest BCUT2D eigenvalue weighted by Gasteiger charge is -2.46. The summed E-state index contributed by atoms with van der Waals surface area (Å²) in [5.74, 6) is 0.862. The highest BCUT2D eigenvalue weighted by Gasteiger charge is 2.69. The number of anilines is 1. The van der Waals surface area contributed by atoms with E-state index in [1.807, 2.05) is 104 Å². The molecule has 10 heterocycles. The van der Waals surface area contributed by atoms with Gasteiger partial charge in [0.15, 0.2) is 52.5 Å². The molecule has 74 heavy (non-hydrogen) atoms. The molecule has 2 N–H and O–H groups in total. The van der Waals surface area contributed by atoms with Crippen molar-refractivity contribution in [2.24, 2.45) is 4.99 Å². The number of nitrogens with zero attached hydrogens (tertiary/aromatic N) is 12. The monoisotopic (exact) mass is 1040 g/mol. The number of halogens is 2. The number of ether oxygens (including phenoxy) is 8. The molecule has 21 nitrogen and oxygen atoms in total. The summed E-state index contributed by atoms with van der Waals surface area (Å²) in [7, 11) is 3.79. The van der Waals surface area contributed by atoms with Crippen molar-refractivity contribution in [1.82, 2.24) is 53.9 Å². The summed E-state index contributed by atoms with van der Waals surface area (Å²) >= 11 is 12.1. The van der Waals surface area contributed by atoms with Gasteiger partial charge in [0.25, 0.3) is 0 Å². The van der Waals surface area contributed by atoms with Crippen LogP contribution >= 0.6 is 23.2 Å². The van der Waals surface area contributed by atoms with E-state index < -0.39 is 35.2 Å². The predicted molar refractivity (Wildman–Crippen MR) is 271 cm³/mol. The van der Waals surface area contributed by atoms with E-state index >= 15 is 0 Å². The number of imidazole rings is 2. The Labute approximate surface area is 433 Å². The van der Waals surface area contributed by atoms with Gasteiger partial charge in [-0.25, -0.2) is 34.9 Å². The molecule has 6 atom stereocenters. The Morgan fingerprint density at radius 3 is 1.62 bits per heavy atom. The molecule has 2 aliphatic carbocycles. The first-order chi connectivity index (χ1) is 35.5. The van der Waals surface area contributed by atoms with Crippen LogP contribution in [0, 0.1) is 0 Å². The van der Waals surface area contributed by atoms with Crippen LogP contribution in [-0.4, -0.2) is 134 Å². The van der Waals surface area contributed by atoms with Gasteiger partial charge in [0.2, 0.25) is 0 Å². The number of benzene rings is 2. The van der Waals surface area contributed by atoms with E-state index in [-0.39, 0.29) is 36.6 Å². The number of aliphatic imine (C=N–C) groups is 1. The summed E-state index contributed by atoms with van der Waals surface area (Å²) in [5.41, 5.74) is 8.93. The van der Waals surface area contributed by atoms with Crippen LogP contribution in [0.5, 0.6) is 11.5 Å². The first-order valence-corrected chi connectivity index (χ1v) is 25.1. The third kappa shape index (κ3) is 8.20. The maximum atomic E-state index is 6.75. The van der Waals surface area contributed by atoms with Crippen molar-refractivity contribution in [2.45, 2.75) is 125 Å². The predicted octanol–water partition coefficient (Wildman–Crippen LogP) is 7.92. The minimum absolute atomic E-state index is 0.0241. The smallest absolute Gasteiger partial charge is 0.184 e. The van der Waals surface area contributed by atoms with E-state index in [0.717, 1.165) is 33.3 Å². The first kappa shape index (κ1) is 47.3. The second kappa shape index (κ2) is 17.3. The van der Waals surface area contributed by atoms with Crippen LogP contribution in [0.4, 0.5) is 11.6 Å². The number of hydrogen-bond donors (Lipinski definition) is 1. The fourth-order valence-corrected chi connectivity index (χ4v) is 11.6. The zero-order valence-corrected chi connectivity index (χ0v) is 42.6. The van der Waals surface area contributed by atoms with Crippen molar-refractivity contribution in [3.8, 4) is 11.5 Å². The van der Waals surface area contributed by atoms with E-state index in [0.29, 0.717) is 69.7 Å². The van der Waals surface area contributed by atoms with E-state index in [1.54, 1.807) is 31.4 Å². The molecule has 0 bridgehead atoms. The van der Waals surface area contributed by atoms with Crippen molar-refractivity contribution in [3.05, 3.63) is 96.3 Å². The van der Waals surface area contributed by atoms with Crippen molar-refractivity contribution < 1.29 is 37.9 Å². The summed E-state index contributed by atoms with van der Waals surface area (Å²) < 4.78 is 55.2. The maximum Gasteiger partial charge on any atom is 0.184 e. The van der Waals surface area contributed by atoms with Crippen LogP contribution in [0.1, 0.15) is 65.8 Å². The van der Waals surface area contributed by atoms with Gasteiger partial charge in [-0.05, 0) is 64.1 Å². The van der Waals surface area contributed by atoms with Gasteiger partial charge in [0.05, 0.1) is 40.1 Å². The van der Waals surface area contributed by atoms with E-state index in [2.05, 4.69) is 44.9 Å². The Morgan fingerprint density at radius 1 is 0.622 bits per heavy atom. The lowest BCUT2D eigenvalue weighted by molar-refractivity contribution is -0.249. The number of aromatic nitrogens is 10. The molecule has 0 unspecified atom stereocenters. The van der Waals surface area contributed by atoms with Gasteiger partial charge in [0.1, 0.15) is 77.5 Å². The molecule has 6 aromatic heterocycles. The maximum absolute atomic E-state index is 6.75. The number of hydrogen-bond acceptors (Lipinski definition) is 18. The molecule has 0 amide bonds. The average Bonchev–Trinajstić information content (AvgIpc) is 4.27. The molecular formula is C51H51Cl2N13O8.